The first-order valence-corrected chi connectivity index (χ1v) is 6.68. The Morgan fingerprint density at radius 3 is 3.15 bits per heavy atom. The van der Waals surface area contributed by atoms with E-state index in [-0.39, 0.29) is 6.04 Å². The maximum Gasteiger partial charge on any atom is 0.152 e. The summed E-state index contributed by atoms with van der Waals surface area (Å²) in [5.41, 5.74) is 2.17. The first-order valence-electron chi connectivity index (χ1n) is 6.68. The molecule has 0 saturated heterocycles. The summed E-state index contributed by atoms with van der Waals surface area (Å²) in [7, 11) is 0. The van der Waals surface area contributed by atoms with Gasteiger partial charge in [0.25, 0.3) is 0 Å². The van der Waals surface area contributed by atoms with E-state index in [4.69, 9.17) is 4.74 Å². The number of aromatic nitrogens is 3. The SMILES string of the molecule is c1ccc2c(c1)OCCC2Nc1nccn2nccc12. The molecule has 20 heavy (non-hydrogen) atoms. The summed E-state index contributed by atoms with van der Waals surface area (Å²) in [6.45, 7) is 0.719. The lowest BCUT2D eigenvalue weighted by Crippen LogP contribution is -2.21. The molecule has 2 aromatic heterocycles. The van der Waals surface area contributed by atoms with E-state index >= 15 is 0 Å². The Kier molecular flexibility index (Phi) is 2.55. The Balaban J connectivity index is 1.72. The van der Waals surface area contributed by atoms with E-state index in [1.54, 1.807) is 12.4 Å². The third-order valence-electron chi connectivity index (χ3n) is 3.59. The molecular weight excluding hydrogens is 252 g/mol. The molecular formula is C15H14N4O. The number of nitrogens with one attached hydrogen (secondary N) is 1. The first-order chi connectivity index (χ1) is 9.92. The van der Waals surface area contributed by atoms with Gasteiger partial charge in [-0.1, -0.05) is 18.2 Å². The van der Waals surface area contributed by atoms with Gasteiger partial charge in [0.2, 0.25) is 0 Å². The molecule has 3 heterocycles. The van der Waals surface area contributed by atoms with E-state index in [2.05, 4.69) is 21.5 Å². The van der Waals surface area contributed by atoms with Gasteiger partial charge in [0.15, 0.2) is 5.82 Å². The molecule has 3 aromatic rings. The van der Waals surface area contributed by atoms with Gasteiger partial charge in [-0.05, 0) is 12.1 Å². The molecule has 0 bridgehead atoms. The van der Waals surface area contributed by atoms with E-state index in [0.29, 0.717) is 0 Å². The summed E-state index contributed by atoms with van der Waals surface area (Å²) in [6.07, 6.45) is 6.31. The molecule has 0 spiro atoms. The van der Waals surface area contributed by atoms with Crippen LogP contribution in [0.2, 0.25) is 0 Å². The average Bonchev–Trinajstić information content (AvgIpc) is 2.97. The number of fused-ring (bicyclic) bond motifs is 2. The van der Waals surface area contributed by atoms with E-state index in [9.17, 15) is 0 Å². The minimum atomic E-state index is 0.216. The van der Waals surface area contributed by atoms with Crippen LogP contribution in [0.3, 0.4) is 0 Å². The fraction of sp³-hybridized carbons (Fsp3) is 0.200. The van der Waals surface area contributed by atoms with Gasteiger partial charge in [0, 0.05) is 24.4 Å². The highest BCUT2D eigenvalue weighted by molar-refractivity contribution is 5.67. The molecule has 4 rings (SSSR count). The highest BCUT2D eigenvalue weighted by Gasteiger charge is 2.21. The minimum Gasteiger partial charge on any atom is -0.493 e. The van der Waals surface area contributed by atoms with Gasteiger partial charge in [-0.15, -0.1) is 0 Å². The minimum absolute atomic E-state index is 0.216. The number of rotatable bonds is 2. The van der Waals surface area contributed by atoms with Crippen LogP contribution < -0.4 is 10.1 Å². The summed E-state index contributed by atoms with van der Waals surface area (Å²) in [5, 5.41) is 7.74. The number of anilines is 1. The molecule has 0 amide bonds. The van der Waals surface area contributed by atoms with Crippen LogP contribution in [0.25, 0.3) is 5.52 Å². The third-order valence-corrected chi connectivity index (χ3v) is 3.59. The molecule has 0 fully saturated rings. The fourth-order valence-electron chi connectivity index (χ4n) is 2.63. The summed E-state index contributed by atoms with van der Waals surface area (Å²) in [4.78, 5) is 4.43. The zero-order chi connectivity index (χ0) is 13.4. The van der Waals surface area contributed by atoms with E-state index in [1.807, 2.05) is 35.0 Å². The molecule has 0 radical (unpaired) electrons. The zero-order valence-electron chi connectivity index (χ0n) is 10.9. The lowest BCUT2D eigenvalue weighted by molar-refractivity contribution is 0.274. The van der Waals surface area contributed by atoms with Gasteiger partial charge in [0.05, 0.1) is 18.8 Å². The molecule has 5 nitrogen and oxygen atoms in total. The van der Waals surface area contributed by atoms with Crippen LogP contribution in [0, 0.1) is 0 Å². The number of hydrogen-bond donors (Lipinski definition) is 1. The van der Waals surface area contributed by atoms with E-state index in [0.717, 1.165) is 30.1 Å². The fourth-order valence-corrected chi connectivity index (χ4v) is 2.63. The van der Waals surface area contributed by atoms with Crippen molar-refractivity contribution in [1.82, 2.24) is 14.6 Å². The van der Waals surface area contributed by atoms with Crippen molar-refractivity contribution in [1.29, 1.82) is 0 Å². The summed E-state index contributed by atoms with van der Waals surface area (Å²) >= 11 is 0. The molecule has 0 saturated carbocycles. The van der Waals surface area contributed by atoms with Gasteiger partial charge in [0.1, 0.15) is 11.3 Å². The number of nitrogens with zero attached hydrogens (tertiary/aromatic N) is 3. The molecule has 1 N–H and O–H groups in total. The second-order valence-corrected chi connectivity index (χ2v) is 4.81. The smallest absolute Gasteiger partial charge is 0.152 e. The highest BCUT2D eigenvalue weighted by Crippen LogP contribution is 2.34. The summed E-state index contributed by atoms with van der Waals surface area (Å²) in [6, 6.07) is 10.3. The Bertz CT molecular complexity index is 752. The number of hydrogen-bond acceptors (Lipinski definition) is 4. The van der Waals surface area contributed by atoms with Gasteiger partial charge in [-0.3, -0.25) is 0 Å². The van der Waals surface area contributed by atoms with Crippen LogP contribution in [-0.4, -0.2) is 21.2 Å². The summed E-state index contributed by atoms with van der Waals surface area (Å²) < 4.78 is 7.51. The normalized spacial score (nSPS) is 17.5. The van der Waals surface area contributed by atoms with Crippen LogP contribution >= 0.6 is 0 Å². The molecule has 1 atom stereocenters. The maximum absolute atomic E-state index is 5.69. The molecule has 1 aliphatic heterocycles. The van der Waals surface area contributed by atoms with Crippen molar-refractivity contribution in [3.8, 4) is 5.75 Å². The van der Waals surface area contributed by atoms with Gasteiger partial charge < -0.3 is 10.1 Å². The lowest BCUT2D eigenvalue weighted by Gasteiger charge is -2.27. The number of benzene rings is 1. The number of ether oxygens (including phenoxy) is 1. The zero-order valence-corrected chi connectivity index (χ0v) is 10.9. The van der Waals surface area contributed by atoms with Crippen LogP contribution in [0.15, 0.2) is 48.9 Å². The molecule has 0 aliphatic carbocycles. The van der Waals surface area contributed by atoms with Crippen molar-refractivity contribution < 1.29 is 4.74 Å². The van der Waals surface area contributed by atoms with Crippen molar-refractivity contribution in [2.75, 3.05) is 11.9 Å². The van der Waals surface area contributed by atoms with Crippen LogP contribution in [0.5, 0.6) is 5.75 Å². The monoisotopic (exact) mass is 266 g/mol. The predicted molar refractivity (Wildman–Crippen MR) is 75.9 cm³/mol. The molecule has 1 unspecified atom stereocenters. The quantitative estimate of drug-likeness (QED) is 0.774. The second-order valence-electron chi connectivity index (χ2n) is 4.81. The Morgan fingerprint density at radius 2 is 2.15 bits per heavy atom. The van der Waals surface area contributed by atoms with Crippen molar-refractivity contribution in [3.05, 3.63) is 54.5 Å². The van der Waals surface area contributed by atoms with Crippen molar-refractivity contribution >= 4 is 11.3 Å². The average molecular weight is 266 g/mol. The topological polar surface area (TPSA) is 51.5 Å². The van der Waals surface area contributed by atoms with Crippen LogP contribution in [-0.2, 0) is 0 Å². The Morgan fingerprint density at radius 1 is 1.20 bits per heavy atom. The Hall–Kier alpha value is -2.56. The van der Waals surface area contributed by atoms with Gasteiger partial charge in [-0.2, -0.15) is 5.10 Å². The summed E-state index contributed by atoms with van der Waals surface area (Å²) in [5.74, 6) is 1.81. The molecule has 1 aromatic carbocycles. The molecule has 5 heteroatoms. The maximum atomic E-state index is 5.69. The van der Waals surface area contributed by atoms with Crippen molar-refractivity contribution in [2.24, 2.45) is 0 Å². The van der Waals surface area contributed by atoms with Gasteiger partial charge >= 0.3 is 0 Å². The predicted octanol–water partition coefficient (Wildman–Crippen LogP) is 2.67. The standard InChI is InChI=1S/C15H14N4O/c1-2-4-14-11(3-1)12(6-10-20-14)18-15-13-5-7-17-19(13)9-8-16-15/h1-5,7-9,12H,6,10H2,(H,16,18). The van der Waals surface area contributed by atoms with Crippen LogP contribution in [0.1, 0.15) is 18.0 Å². The lowest BCUT2D eigenvalue weighted by atomic mass is 10.0. The van der Waals surface area contributed by atoms with Crippen molar-refractivity contribution in [2.45, 2.75) is 12.5 Å². The highest BCUT2D eigenvalue weighted by atomic mass is 16.5. The number of para-hydroxylation sites is 1. The van der Waals surface area contributed by atoms with Gasteiger partial charge in [-0.25, -0.2) is 9.50 Å². The third kappa shape index (κ3) is 1.79. The van der Waals surface area contributed by atoms with Crippen molar-refractivity contribution in [3.63, 3.8) is 0 Å². The second kappa shape index (κ2) is 4.52. The largest absolute Gasteiger partial charge is 0.493 e. The van der Waals surface area contributed by atoms with E-state index in [1.165, 1.54) is 5.56 Å². The Labute approximate surface area is 116 Å². The first kappa shape index (κ1) is 11.3. The van der Waals surface area contributed by atoms with Crippen LogP contribution in [0.4, 0.5) is 5.82 Å². The molecule has 100 valence electrons. The van der Waals surface area contributed by atoms with E-state index < -0.39 is 0 Å². The molecule has 1 aliphatic rings.